The van der Waals surface area contributed by atoms with Crippen molar-refractivity contribution < 1.29 is 27.9 Å². The molecule has 0 unspecified atom stereocenters. The lowest BCUT2D eigenvalue weighted by Crippen LogP contribution is -2.30. The Kier molecular flexibility index (Phi) is 4.93. The summed E-state index contributed by atoms with van der Waals surface area (Å²) in [5, 5.41) is 2.50. The van der Waals surface area contributed by atoms with E-state index in [1.54, 1.807) is 41.1 Å². The molecule has 1 aliphatic rings. The van der Waals surface area contributed by atoms with Crippen molar-refractivity contribution in [1.29, 1.82) is 0 Å². The van der Waals surface area contributed by atoms with Gasteiger partial charge in [-0.15, -0.1) is 0 Å². The number of para-hydroxylation sites is 1. The molecule has 0 saturated carbocycles. The molecule has 0 spiro atoms. The van der Waals surface area contributed by atoms with Gasteiger partial charge < -0.3 is 19.0 Å². The third-order valence-electron chi connectivity index (χ3n) is 4.51. The van der Waals surface area contributed by atoms with Crippen molar-refractivity contribution in [2.75, 3.05) is 7.11 Å². The molecule has 4 rings (SSSR count). The molecule has 2 aromatic heterocycles. The second-order valence-corrected chi connectivity index (χ2v) is 6.39. The molecule has 0 aliphatic carbocycles. The number of ether oxygens (including phenoxy) is 1. The number of carbonyl (C=O) groups excluding carboxylic acids is 3. The fraction of sp³-hybridized carbons (Fsp3) is 0.0952. The van der Waals surface area contributed by atoms with Crippen molar-refractivity contribution in [3.05, 3.63) is 83.5 Å². The zero-order valence-electron chi connectivity index (χ0n) is 15.8. The summed E-state index contributed by atoms with van der Waals surface area (Å²) in [6, 6.07) is 11.9. The second-order valence-electron chi connectivity index (χ2n) is 6.39. The molecule has 1 N–H and O–H groups in total. The Balaban J connectivity index is 1.57. The van der Waals surface area contributed by atoms with E-state index in [4.69, 9.17) is 4.42 Å². The highest BCUT2D eigenvalue weighted by Gasteiger charge is 2.34. The first kappa shape index (κ1) is 19.2. The summed E-state index contributed by atoms with van der Waals surface area (Å²) in [4.78, 5) is 37.4. The summed E-state index contributed by atoms with van der Waals surface area (Å²) < 4.78 is 25.6. The maximum absolute atomic E-state index is 14.1. The molecular formula is C21H16FN3O5. The molecule has 1 saturated heterocycles. The van der Waals surface area contributed by atoms with E-state index in [9.17, 15) is 18.8 Å². The molecular weight excluding hydrogens is 393 g/mol. The highest BCUT2D eigenvalue weighted by Crippen LogP contribution is 2.21. The number of nitrogens with zero attached hydrogens (tertiary/aromatic N) is 2. The van der Waals surface area contributed by atoms with Gasteiger partial charge >= 0.3 is 12.0 Å². The minimum Gasteiger partial charge on any atom is -0.463 e. The average molecular weight is 409 g/mol. The van der Waals surface area contributed by atoms with Crippen LogP contribution in [0.4, 0.5) is 9.18 Å². The van der Waals surface area contributed by atoms with Gasteiger partial charge in [-0.25, -0.2) is 14.0 Å². The van der Waals surface area contributed by atoms with E-state index in [1.165, 1.54) is 31.4 Å². The Labute approximate surface area is 170 Å². The number of benzene rings is 1. The van der Waals surface area contributed by atoms with Gasteiger partial charge in [-0.3, -0.25) is 9.69 Å². The smallest absolute Gasteiger partial charge is 0.373 e. The van der Waals surface area contributed by atoms with Crippen molar-refractivity contribution >= 4 is 24.0 Å². The van der Waals surface area contributed by atoms with Crippen molar-refractivity contribution in [2.45, 2.75) is 6.54 Å². The third-order valence-corrected chi connectivity index (χ3v) is 4.51. The fourth-order valence-electron chi connectivity index (χ4n) is 3.07. The molecule has 8 nitrogen and oxygen atoms in total. The van der Waals surface area contributed by atoms with Crippen LogP contribution in [0.25, 0.3) is 11.8 Å². The van der Waals surface area contributed by atoms with Gasteiger partial charge in [-0.2, -0.15) is 0 Å². The second kappa shape index (κ2) is 7.70. The van der Waals surface area contributed by atoms with Crippen molar-refractivity contribution in [3.63, 3.8) is 0 Å². The number of methoxy groups -OCH3 is 1. The van der Waals surface area contributed by atoms with Gasteiger partial charge in [0, 0.05) is 11.9 Å². The zero-order valence-corrected chi connectivity index (χ0v) is 15.8. The molecule has 3 heterocycles. The minimum absolute atomic E-state index is 0.0296. The molecule has 9 heteroatoms. The first-order chi connectivity index (χ1) is 14.5. The summed E-state index contributed by atoms with van der Waals surface area (Å²) >= 11 is 0. The van der Waals surface area contributed by atoms with Gasteiger partial charge in [0.1, 0.15) is 17.3 Å². The van der Waals surface area contributed by atoms with Gasteiger partial charge in [0.25, 0.3) is 5.91 Å². The molecule has 1 aliphatic heterocycles. The standard InChI is InChI=1S/C21H16FN3O5/c1-29-20(27)18-9-8-14(30-18)12-25-19(26)16(23-21(25)28)11-13-5-4-10-24(13)17-7-3-2-6-15(17)22/h2-11H,12H2,1H3,(H,23,28)/b16-11-. The summed E-state index contributed by atoms with van der Waals surface area (Å²) in [6.07, 6.45) is 3.12. The highest BCUT2D eigenvalue weighted by molar-refractivity contribution is 6.13. The minimum atomic E-state index is -0.659. The van der Waals surface area contributed by atoms with Crippen LogP contribution in [0.5, 0.6) is 0 Å². The molecule has 30 heavy (non-hydrogen) atoms. The van der Waals surface area contributed by atoms with Crippen molar-refractivity contribution in [2.24, 2.45) is 0 Å². The Morgan fingerprint density at radius 1 is 1.17 bits per heavy atom. The number of rotatable bonds is 5. The normalized spacial score (nSPS) is 15.0. The third kappa shape index (κ3) is 3.48. The molecule has 1 fully saturated rings. The molecule has 152 valence electrons. The van der Waals surface area contributed by atoms with E-state index in [1.807, 2.05) is 0 Å². The summed E-state index contributed by atoms with van der Waals surface area (Å²) in [5.41, 5.74) is 0.863. The van der Waals surface area contributed by atoms with Crippen molar-refractivity contribution in [1.82, 2.24) is 14.8 Å². The number of hydrogen-bond acceptors (Lipinski definition) is 5. The Bertz CT molecular complexity index is 1180. The number of hydrogen-bond donors (Lipinski definition) is 1. The van der Waals surface area contributed by atoms with E-state index in [-0.39, 0.29) is 23.8 Å². The predicted octanol–water partition coefficient (Wildman–Crippen LogP) is 3.09. The lowest BCUT2D eigenvalue weighted by atomic mass is 10.2. The number of carbonyl (C=O) groups is 3. The maximum atomic E-state index is 14.1. The summed E-state index contributed by atoms with van der Waals surface area (Å²) in [7, 11) is 1.22. The molecule has 3 amide bonds. The first-order valence-corrected chi connectivity index (χ1v) is 8.92. The van der Waals surface area contributed by atoms with E-state index in [0.29, 0.717) is 11.4 Å². The molecule has 3 aromatic rings. The lowest BCUT2D eigenvalue weighted by Gasteiger charge is -2.09. The van der Waals surface area contributed by atoms with Gasteiger partial charge in [0.15, 0.2) is 0 Å². The largest absolute Gasteiger partial charge is 0.463 e. The molecule has 0 atom stereocenters. The highest BCUT2D eigenvalue weighted by atomic mass is 19.1. The average Bonchev–Trinajstić information content (AvgIpc) is 3.45. The van der Waals surface area contributed by atoms with Crippen LogP contribution in [0.3, 0.4) is 0 Å². The van der Waals surface area contributed by atoms with Crippen LogP contribution in [-0.2, 0) is 16.1 Å². The molecule has 1 aromatic carbocycles. The van der Waals surface area contributed by atoms with Crippen LogP contribution in [0, 0.1) is 5.82 Å². The Morgan fingerprint density at radius 2 is 1.97 bits per heavy atom. The molecule has 0 bridgehead atoms. The fourth-order valence-corrected chi connectivity index (χ4v) is 3.07. The maximum Gasteiger partial charge on any atom is 0.373 e. The SMILES string of the molecule is COC(=O)c1ccc(CN2C(=O)N/C(=C\c3cccn3-c3ccccc3F)C2=O)o1. The van der Waals surface area contributed by atoms with Crippen LogP contribution in [0.15, 0.2) is 64.8 Å². The van der Waals surface area contributed by atoms with Crippen LogP contribution < -0.4 is 5.32 Å². The Morgan fingerprint density at radius 3 is 2.73 bits per heavy atom. The number of amides is 3. The summed E-state index contributed by atoms with van der Waals surface area (Å²) in [5.74, 6) is -1.44. The van der Waals surface area contributed by atoms with Gasteiger partial charge in [0.05, 0.1) is 19.3 Å². The summed E-state index contributed by atoms with van der Waals surface area (Å²) in [6.45, 7) is -0.159. The first-order valence-electron chi connectivity index (χ1n) is 8.92. The number of urea groups is 1. The van der Waals surface area contributed by atoms with Gasteiger partial charge in [-0.05, 0) is 42.5 Å². The number of imide groups is 1. The van der Waals surface area contributed by atoms with Crippen LogP contribution >= 0.6 is 0 Å². The van der Waals surface area contributed by atoms with E-state index in [0.717, 1.165) is 4.90 Å². The van der Waals surface area contributed by atoms with E-state index < -0.39 is 23.7 Å². The van der Waals surface area contributed by atoms with Crippen LogP contribution in [0.1, 0.15) is 22.0 Å². The number of nitrogens with one attached hydrogen (secondary N) is 1. The quantitative estimate of drug-likeness (QED) is 0.397. The Hall–Kier alpha value is -4.14. The lowest BCUT2D eigenvalue weighted by molar-refractivity contribution is -0.123. The number of halogens is 1. The topological polar surface area (TPSA) is 93.8 Å². The van der Waals surface area contributed by atoms with Gasteiger partial charge in [0.2, 0.25) is 5.76 Å². The zero-order chi connectivity index (χ0) is 21.3. The predicted molar refractivity (Wildman–Crippen MR) is 103 cm³/mol. The van der Waals surface area contributed by atoms with Crippen LogP contribution in [-0.4, -0.2) is 34.5 Å². The van der Waals surface area contributed by atoms with E-state index in [2.05, 4.69) is 10.1 Å². The molecule has 0 radical (unpaired) electrons. The van der Waals surface area contributed by atoms with E-state index >= 15 is 0 Å². The van der Waals surface area contributed by atoms with Crippen molar-refractivity contribution in [3.8, 4) is 5.69 Å². The van der Waals surface area contributed by atoms with Gasteiger partial charge in [-0.1, -0.05) is 12.1 Å². The van der Waals surface area contributed by atoms with Crippen LogP contribution in [0.2, 0.25) is 0 Å². The number of furan rings is 1. The number of esters is 1. The number of aromatic nitrogens is 1. The monoisotopic (exact) mass is 409 g/mol.